The molecule has 0 unspecified atom stereocenters. The highest BCUT2D eigenvalue weighted by molar-refractivity contribution is 6.32. The summed E-state index contributed by atoms with van der Waals surface area (Å²) < 4.78 is 108. The molecule has 0 bridgehead atoms. The van der Waals surface area contributed by atoms with Gasteiger partial charge in [0.25, 0.3) is 0 Å². The first-order valence-corrected chi connectivity index (χ1v) is 23.0. The summed E-state index contributed by atoms with van der Waals surface area (Å²) >= 11 is 13.6. The molecule has 24 heteroatoms. The fourth-order valence-electron chi connectivity index (χ4n) is 9.72. The van der Waals surface area contributed by atoms with E-state index in [0.717, 1.165) is 64.2 Å². The van der Waals surface area contributed by atoms with Crippen molar-refractivity contribution in [1.82, 2.24) is 40.4 Å². The maximum absolute atomic E-state index is 14.3. The number of hydrogen-bond donors (Lipinski definition) is 4. The fourth-order valence-corrected chi connectivity index (χ4v) is 10.2. The van der Waals surface area contributed by atoms with E-state index in [1.54, 1.807) is 26.0 Å². The number of hydrogen-bond acceptors (Lipinski definition) is 10. The molecular formula is C46H50Cl2F6N8O8. The van der Waals surface area contributed by atoms with E-state index in [0.29, 0.717) is 59.7 Å². The Bertz CT molecular complexity index is 2530. The van der Waals surface area contributed by atoms with Crippen LogP contribution < -0.4 is 20.1 Å². The average Bonchev–Trinajstić information content (AvgIpc) is 4.09. The lowest BCUT2D eigenvalue weighted by molar-refractivity contribution is -0.222. The van der Waals surface area contributed by atoms with E-state index < -0.39 is 83.4 Å². The first-order valence-electron chi connectivity index (χ1n) is 22.3. The number of amides is 4. The van der Waals surface area contributed by atoms with Crippen LogP contribution in [-0.4, -0.2) is 104 Å². The van der Waals surface area contributed by atoms with E-state index >= 15 is 0 Å². The average molecular weight is 1030 g/mol. The van der Waals surface area contributed by atoms with Gasteiger partial charge in [0, 0.05) is 45.5 Å². The summed E-state index contributed by atoms with van der Waals surface area (Å²) in [6, 6.07) is 0.438. The Morgan fingerprint density at radius 3 is 1.34 bits per heavy atom. The number of benzene rings is 2. The molecule has 6 heterocycles. The van der Waals surface area contributed by atoms with Gasteiger partial charge in [-0.1, -0.05) is 23.2 Å². The molecule has 4 aliphatic rings. The highest BCUT2D eigenvalue weighted by Gasteiger charge is 2.59. The Morgan fingerprint density at radius 2 is 1.01 bits per heavy atom. The second-order valence-electron chi connectivity index (χ2n) is 19.1. The van der Waals surface area contributed by atoms with Crippen LogP contribution in [-0.2, 0) is 32.3 Å². The molecule has 6 atom stereocenters. The number of aromatic amines is 2. The molecule has 0 saturated carbocycles. The molecule has 8 rings (SSSR count). The molecule has 4 N–H and O–H groups in total. The maximum atomic E-state index is 14.3. The third kappa shape index (κ3) is 8.61. The Hall–Kier alpha value is -5.90. The van der Waals surface area contributed by atoms with E-state index in [1.165, 1.54) is 9.80 Å². The monoisotopic (exact) mass is 1030 g/mol. The van der Waals surface area contributed by atoms with E-state index in [9.17, 15) is 45.5 Å². The summed E-state index contributed by atoms with van der Waals surface area (Å²) in [6.45, 7) is 6.88. The van der Waals surface area contributed by atoms with E-state index in [-0.39, 0.29) is 35.2 Å². The lowest BCUT2D eigenvalue weighted by Gasteiger charge is -2.39. The first kappa shape index (κ1) is 50.5. The van der Waals surface area contributed by atoms with Gasteiger partial charge in [-0.05, 0) is 91.5 Å². The fraction of sp³-hybridized carbons (Fsp3) is 0.522. The number of alkyl halides is 6. The van der Waals surface area contributed by atoms with Gasteiger partial charge in [0.2, 0.25) is 11.8 Å². The molecular weight excluding hydrogens is 977 g/mol. The molecule has 0 radical (unpaired) electrons. The molecule has 378 valence electrons. The predicted octanol–water partition coefficient (Wildman–Crippen LogP) is 9.96. The normalized spacial score (nSPS) is 20.8. The number of methoxy groups -OCH3 is 2. The smallest absolute Gasteiger partial charge is 0.407 e. The lowest BCUT2D eigenvalue weighted by atomic mass is 9.82. The van der Waals surface area contributed by atoms with Gasteiger partial charge in [0.15, 0.2) is 0 Å². The lowest BCUT2D eigenvalue weighted by Crippen LogP contribution is -2.60. The number of nitrogens with zero attached hydrogens (tertiary/aromatic N) is 4. The predicted molar refractivity (Wildman–Crippen MR) is 241 cm³/mol. The van der Waals surface area contributed by atoms with Crippen molar-refractivity contribution in [3.63, 3.8) is 0 Å². The van der Waals surface area contributed by atoms with E-state index in [1.807, 2.05) is 12.1 Å². The van der Waals surface area contributed by atoms with Crippen molar-refractivity contribution in [3.05, 3.63) is 57.3 Å². The summed E-state index contributed by atoms with van der Waals surface area (Å²) in [5.41, 5.74) is -0.773. The van der Waals surface area contributed by atoms with E-state index in [2.05, 4.69) is 30.1 Å². The molecule has 4 amide bonds. The number of carbonyl (C=O) groups excluding carboxylic acids is 4. The Balaban J connectivity index is 1.07. The van der Waals surface area contributed by atoms with Crippen molar-refractivity contribution in [3.8, 4) is 45.1 Å². The van der Waals surface area contributed by atoms with Gasteiger partial charge < -0.3 is 49.3 Å². The molecule has 2 aromatic heterocycles. The molecule has 2 fully saturated rings. The second-order valence-corrected chi connectivity index (χ2v) is 19.9. The van der Waals surface area contributed by atoms with Gasteiger partial charge in [-0.25, -0.2) is 19.6 Å². The van der Waals surface area contributed by atoms with Gasteiger partial charge in [0.1, 0.15) is 70.1 Å². The van der Waals surface area contributed by atoms with Crippen LogP contribution in [0.2, 0.25) is 10.3 Å². The van der Waals surface area contributed by atoms with Crippen molar-refractivity contribution in [1.29, 1.82) is 0 Å². The minimum atomic E-state index is -4.87. The second kappa shape index (κ2) is 18.1. The van der Waals surface area contributed by atoms with Crippen LogP contribution >= 0.6 is 23.2 Å². The van der Waals surface area contributed by atoms with Crippen molar-refractivity contribution in [2.24, 2.45) is 10.8 Å². The third-order valence-corrected chi connectivity index (χ3v) is 14.6. The number of H-pyrrole nitrogens is 2. The van der Waals surface area contributed by atoms with Crippen molar-refractivity contribution in [2.75, 3.05) is 14.2 Å². The minimum Gasteiger partial charge on any atom is -0.488 e. The molecule has 70 heavy (non-hydrogen) atoms. The van der Waals surface area contributed by atoms with Crippen LogP contribution in [0.1, 0.15) is 102 Å². The van der Waals surface area contributed by atoms with Crippen molar-refractivity contribution in [2.45, 2.75) is 129 Å². The number of likely N-dealkylation sites (tertiary alicyclic amines) is 2. The molecule has 0 spiro atoms. The molecule has 2 aromatic carbocycles. The maximum Gasteiger partial charge on any atom is 0.407 e. The highest BCUT2D eigenvalue weighted by Crippen LogP contribution is 2.52. The number of aromatic nitrogens is 4. The molecule has 4 aliphatic heterocycles. The third-order valence-electron chi connectivity index (χ3n) is 14.1. The van der Waals surface area contributed by atoms with Crippen LogP contribution in [0.25, 0.3) is 33.6 Å². The van der Waals surface area contributed by atoms with Gasteiger partial charge in [-0.15, -0.1) is 0 Å². The zero-order valence-electron chi connectivity index (χ0n) is 39.1. The van der Waals surface area contributed by atoms with Crippen LogP contribution in [0.5, 0.6) is 11.5 Å². The zero-order valence-corrected chi connectivity index (χ0v) is 40.6. The number of carbonyl (C=O) groups is 4. The quantitative estimate of drug-likeness (QED) is 0.111. The molecule has 2 saturated heterocycles. The van der Waals surface area contributed by atoms with Crippen LogP contribution in [0, 0.1) is 10.8 Å². The summed E-state index contributed by atoms with van der Waals surface area (Å²) in [4.78, 5) is 70.9. The summed E-state index contributed by atoms with van der Waals surface area (Å²) in [7, 11) is 1.98. The molecule has 0 aliphatic carbocycles. The van der Waals surface area contributed by atoms with Crippen molar-refractivity contribution >= 4 is 47.2 Å². The van der Waals surface area contributed by atoms with E-state index in [4.69, 9.17) is 42.6 Å². The SMILES string of the molecule is COC(=O)N[C@H](C(=O)N1[C@H](C)CC[C@H]1c1nc(-c2cc3c4c(c2)OCc2cc(-c5nc([C@@H]6CC[C@@H](C)N6C(=O)[C@@H](NC(=O)OC)C(C)(C)C(F)(F)F)[nH]c5Cl)cc(c2-4)OC3)c(Cl)[nH]1)C(C)(C)C(F)(F)F. The largest absolute Gasteiger partial charge is 0.488 e. The first-order chi connectivity index (χ1) is 32.7. The number of rotatable bonds is 10. The van der Waals surface area contributed by atoms with Crippen LogP contribution in [0.4, 0.5) is 35.9 Å². The van der Waals surface area contributed by atoms with Gasteiger partial charge >= 0.3 is 24.5 Å². The summed E-state index contributed by atoms with van der Waals surface area (Å²) in [6.07, 6.45) is -10.6. The Labute approximate surface area is 407 Å². The number of alkyl carbamates (subject to hydrolysis) is 2. The van der Waals surface area contributed by atoms with Crippen LogP contribution in [0.3, 0.4) is 0 Å². The Kier molecular flexibility index (Phi) is 13.0. The van der Waals surface area contributed by atoms with Gasteiger partial charge in [0.05, 0.1) is 37.1 Å². The number of nitrogens with one attached hydrogen (secondary N) is 4. The van der Waals surface area contributed by atoms with Gasteiger partial charge in [-0.2, -0.15) is 26.3 Å². The Morgan fingerprint density at radius 1 is 0.657 bits per heavy atom. The molecule has 4 aromatic rings. The summed E-state index contributed by atoms with van der Waals surface area (Å²) in [5.74, 6) is -0.489. The number of ether oxygens (including phenoxy) is 4. The standard InChI is InChI=1S/C46H50Cl2F6N8O8/c1-19-9-11-25(61(19)39(63)33(57-41(65)67-7)43(3,4)45(49,50)51)37-55-31(35(47)59-37)21-13-23-17-70-28-16-22(14-24-18-69-27(15-21)29(23)30(24)28)32-36(48)60-38(56-32)26-12-10-20(2)62(26)40(64)34(58-42(66)68-8)44(5,6)46(52,53)54/h13-16,19-20,25-26,33-34H,9-12,17-18H2,1-8H3,(H,55,59)(H,56,60)(H,57,65)(H,58,66)/t19-,20-,25+,26+,33-,34-/m1/s1. The molecule has 16 nitrogen and oxygen atoms in total. The number of halogens is 8. The summed E-state index contributed by atoms with van der Waals surface area (Å²) in [5, 5.41) is 4.42. The van der Waals surface area contributed by atoms with Gasteiger partial charge in [-0.3, -0.25) is 9.59 Å². The highest BCUT2D eigenvalue weighted by atomic mass is 35.5. The van der Waals surface area contributed by atoms with Crippen molar-refractivity contribution < 1.29 is 64.5 Å². The number of imidazole rings is 2. The minimum absolute atomic E-state index is 0.0714. The van der Waals surface area contributed by atoms with Crippen LogP contribution in [0.15, 0.2) is 24.3 Å². The topological polar surface area (TPSA) is 193 Å². The zero-order chi connectivity index (χ0) is 51.2.